The van der Waals surface area contributed by atoms with Crippen LogP contribution in [-0.2, 0) is 4.79 Å². The topological polar surface area (TPSA) is 46.3 Å². The van der Waals surface area contributed by atoms with Crippen LogP contribution in [0.5, 0.6) is 0 Å². The van der Waals surface area contributed by atoms with Gasteiger partial charge in [-0.2, -0.15) is 0 Å². The quantitative estimate of drug-likeness (QED) is 0.725. The van der Waals surface area contributed by atoms with E-state index < -0.39 is 5.41 Å². The van der Waals surface area contributed by atoms with Crippen molar-refractivity contribution in [1.82, 2.24) is 4.90 Å². The van der Waals surface area contributed by atoms with Crippen LogP contribution in [0.4, 0.5) is 0 Å². The van der Waals surface area contributed by atoms with Crippen LogP contribution in [0.1, 0.15) is 48.0 Å². The minimum absolute atomic E-state index is 0.0694. The van der Waals surface area contributed by atoms with Crippen molar-refractivity contribution in [3.8, 4) is 0 Å². The van der Waals surface area contributed by atoms with Gasteiger partial charge in [-0.1, -0.05) is 46.8 Å². The number of nitrogens with zero attached hydrogens (tertiary/aromatic N) is 1. The second-order valence-corrected chi connectivity index (χ2v) is 6.49. The number of carbonyl (C=O) groups is 1. The van der Waals surface area contributed by atoms with Crippen LogP contribution in [0.2, 0.25) is 0 Å². The lowest BCUT2D eigenvalue weighted by Gasteiger charge is -2.35. The van der Waals surface area contributed by atoms with Gasteiger partial charge in [0, 0.05) is 13.1 Å². The van der Waals surface area contributed by atoms with Crippen LogP contribution in [0.25, 0.3) is 0 Å². The Bertz CT molecular complexity index is 292. The minimum atomic E-state index is -0.709. The molecule has 0 rings (SSSR count). The van der Waals surface area contributed by atoms with Gasteiger partial charge in [0.05, 0.1) is 10.4 Å². The van der Waals surface area contributed by atoms with E-state index >= 15 is 0 Å². The van der Waals surface area contributed by atoms with Gasteiger partial charge in [-0.3, -0.25) is 4.79 Å². The molecule has 3 nitrogen and oxygen atoms in total. The molecular weight excluding hydrogens is 244 g/mol. The maximum Gasteiger partial charge on any atom is 0.235 e. The predicted molar refractivity (Wildman–Crippen MR) is 81.4 cm³/mol. The highest BCUT2D eigenvalue weighted by atomic mass is 32.1. The zero-order valence-electron chi connectivity index (χ0n) is 12.6. The molecule has 0 aromatic carbocycles. The zero-order chi connectivity index (χ0) is 14.5. The van der Waals surface area contributed by atoms with Crippen molar-refractivity contribution in [2.45, 2.75) is 48.0 Å². The Morgan fingerprint density at radius 3 is 1.83 bits per heavy atom. The van der Waals surface area contributed by atoms with Crippen molar-refractivity contribution in [2.24, 2.45) is 23.0 Å². The summed E-state index contributed by atoms with van der Waals surface area (Å²) in [5.74, 6) is 0.959. The van der Waals surface area contributed by atoms with Crippen molar-refractivity contribution in [1.29, 1.82) is 0 Å². The Kier molecular flexibility index (Phi) is 6.82. The predicted octanol–water partition coefficient (Wildman–Crippen LogP) is 2.83. The molecule has 4 heteroatoms. The Morgan fingerprint density at radius 1 is 1.22 bits per heavy atom. The Labute approximate surface area is 117 Å². The maximum atomic E-state index is 12.7. The van der Waals surface area contributed by atoms with Crippen LogP contribution in [0.15, 0.2) is 0 Å². The van der Waals surface area contributed by atoms with E-state index in [1.165, 1.54) is 0 Å². The lowest BCUT2D eigenvalue weighted by atomic mass is 9.85. The molecule has 0 aliphatic heterocycles. The third-order valence-corrected chi connectivity index (χ3v) is 3.63. The summed E-state index contributed by atoms with van der Waals surface area (Å²) in [6.45, 7) is 13.8. The van der Waals surface area contributed by atoms with Gasteiger partial charge >= 0.3 is 0 Å². The summed E-state index contributed by atoms with van der Waals surface area (Å²) in [7, 11) is 0. The normalized spacial score (nSPS) is 14.7. The second kappa shape index (κ2) is 7.07. The smallest absolute Gasteiger partial charge is 0.235 e. The molecule has 1 atom stereocenters. The molecule has 0 spiro atoms. The van der Waals surface area contributed by atoms with Gasteiger partial charge in [0.15, 0.2) is 0 Å². The largest absolute Gasteiger partial charge is 0.392 e. The summed E-state index contributed by atoms with van der Waals surface area (Å²) >= 11 is 5.08. The summed E-state index contributed by atoms with van der Waals surface area (Å²) in [6, 6.07) is 0. The van der Waals surface area contributed by atoms with Gasteiger partial charge in [-0.05, 0) is 25.2 Å². The molecule has 0 fully saturated rings. The van der Waals surface area contributed by atoms with E-state index in [9.17, 15) is 4.79 Å². The van der Waals surface area contributed by atoms with Crippen molar-refractivity contribution < 1.29 is 4.79 Å². The average molecular weight is 272 g/mol. The molecule has 0 bridgehead atoms. The number of thiocarbonyl (C=S) groups is 1. The molecule has 0 saturated heterocycles. The lowest BCUT2D eigenvalue weighted by molar-refractivity contribution is -0.138. The van der Waals surface area contributed by atoms with Gasteiger partial charge in [-0.25, -0.2) is 0 Å². The Balaban J connectivity index is 5.09. The molecule has 2 N–H and O–H groups in total. The number of carbonyl (C=O) groups excluding carboxylic acids is 1. The van der Waals surface area contributed by atoms with E-state index in [2.05, 4.69) is 27.7 Å². The summed E-state index contributed by atoms with van der Waals surface area (Å²) in [6.07, 6.45) is 0.647. The minimum Gasteiger partial charge on any atom is -0.392 e. The summed E-state index contributed by atoms with van der Waals surface area (Å²) in [4.78, 5) is 14.9. The lowest BCUT2D eigenvalue weighted by Crippen LogP contribution is -2.50. The second-order valence-electron chi connectivity index (χ2n) is 6.05. The summed E-state index contributed by atoms with van der Waals surface area (Å²) in [5, 5.41) is 0. The fraction of sp³-hybridized carbons (Fsp3) is 0.857. The van der Waals surface area contributed by atoms with Crippen LogP contribution in [0.3, 0.4) is 0 Å². The van der Waals surface area contributed by atoms with Gasteiger partial charge in [0.2, 0.25) is 5.91 Å². The molecule has 1 amide bonds. The zero-order valence-corrected chi connectivity index (χ0v) is 13.4. The first kappa shape index (κ1) is 17.4. The SMILES string of the molecule is CCC(C)(C(=O)N(CC(C)C)CC(C)C)C(N)=S. The highest BCUT2D eigenvalue weighted by molar-refractivity contribution is 7.80. The number of amides is 1. The van der Waals surface area contributed by atoms with Gasteiger partial charge < -0.3 is 10.6 Å². The molecule has 0 radical (unpaired) electrons. The van der Waals surface area contributed by atoms with E-state index in [1.54, 1.807) is 0 Å². The highest BCUT2D eigenvalue weighted by Crippen LogP contribution is 2.25. The first-order chi connectivity index (χ1) is 8.15. The van der Waals surface area contributed by atoms with E-state index in [-0.39, 0.29) is 5.91 Å². The maximum absolute atomic E-state index is 12.7. The highest BCUT2D eigenvalue weighted by Gasteiger charge is 2.38. The first-order valence-corrected chi connectivity index (χ1v) is 7.15. The summed E-state index contributed by atoms with van der Waals surface area (Å²) < 4.78 is 0. The molecule has 0 saturated carbocycles. The molecule has 1 unspecified atom stereocenters. The number of nitrogens with two attached hydrogens (primary N) is 1. The van der Waals surface area contributed by atoms with Crippen LogP contribution in [-0.4, -0.2) is 28.9 Å². The monoisotopic (exact) mass is 272 g/mol. The van der Waals surface area contributed by atoms with E-state index in [1.807, 2.05) is 18.7 Å². The van der Waals surface area contributed by atoms with Crippen molar-refractivity contribution >= 4 is 23.1 Å². The van der Waals surface area contributed by atoms with E-state index in [4.69, 9.17) is 18.0 Å². The van der Waals surface area contributed by atoms with Gasteiger partial charge in [0.1, 0.15) is 0 Å². The standard InChI is InChI=1S/C14H28N2OS/c1-7-14(6,12(15)18)13(17)16(8-10(2)3)9-11(4)5/h10-11H,7-9H2,1-6H3,(H2,15,18). The Hall–Kier alpha value is -0.640. The summed E-state index contributed by atoms with van der Waals surface area (Å²) in [5.41, 5.74) is 5.06. The molecule has 0 aromatic rings. The third-order valence-electron chi connectivity index (χ3n) is 3.18. The van der Waals surface area contributed by atoms with Crippen molar-refractivity contribution in [2.75, 3.05) is 13.1 Å². The van der Waals surface area contributed by atoms with Crippen molar-refractivity contribution in [3.05, 3.63) is 0 Å². The average Bonchev–Trinajstić information content (AvgIpc) is 2.24. The fourth-order valence-corrected chi connectivity index (χ4v) is 2.13. The molecular formula is C14H28N2OS. The molecule has 0 aliphatic rings. The van der Waals surface area contributed by atoms with E-state index in [0.717, 1.165) is 13.1 Å². The molecule has 106 valence electrons. The van der Waals surface area contributed by atoms with Crippen LogP contribution >= 0.6 is 12.2 Å². The molecule has 0 heterocycles. The molecule has 0 aromatic heterocycles. The Morgan fingerprint density at radius 2 is 1.61 bits per heavy atom. The molecule has 0 aliphatic carbocycles. The molecule has 18 heavy (non-hydrogen) atoms. The number of hydrogen-bond acceptors (Lipinski definition) is 2. The van der Waals surface area contributed by atoms with E-state index in [0.29, 0.717) is 23.2 Å². The van der Waals surface area contributed by atoms with Gasteiger partial charge in [-0.15, -0.1) is 0 Å². The van der Waals surface area contributed by atoms with Crippen molar-refractivity contribution in [3.63, 3.8) is 0 Å². The fourth-order valence-electron chi connectivity index (χ4n) is 1.90. The number of rotatable bonds is 7. The number of hydrogen-bond donors (Lipinski definition) is 1. The first-order valence-electron chi connectivity index (χ1n) is 6.74. The van der Waals surface area contributed by atoms with Gasteiger partial charge in [0.25, 0.3) is 0 Å². The van der Waals surface area contributed by atoms with Crippen LogP contribution < -0.4 is 5.73 Å². The third kappa shape index (κ3) is 4.56. The van der Waals surface area contributed by atoms with Crippen LogP contribution in [0, 0.1) is 17.3 Å².